The van der Waals surface area contributed by atoms with Gasteiger partial charge >= 0.3 is 0 Å². The molecule has 0 saturated carbocycles. The number of aryl methyl sites for hydroxylation is 2. The largest absolute Gasteiger partial charge is 0.593 e. The lowest BCUT2D eigenvalue weighted by Crippen LogP contribution is -2.49. The number of aliphatic imine (C=N–C) groups is 1. The third kappa shape index (κ3) is 5.30. The Labute approximate surface area is 174 Å². The fourth-order valence-electron chi connectivity index (χ4n) is 3.27. The summed E-state index contributed by atoms with van der Waals surface area (Å²) in [7, 11) is 1.67. The van der Waals surface area contributed by atoms with Gasteiger partial charge in [-0.1, -0.05) is 12.1 Å². The van der Waals surface area contributed by atoms with E-state index in [0.29, 0.717) is 10.9 Å². The number of rotatable bonds is 7. The van der Waals surface area contributed by atoms with Crippen LogP contribution in [0.1, 0.15) is 22.3 Å². The molecule has 0 aromatic heterocycles. The number of hydrogen-bond donors (Lipinski definition) is 4. The van der Waals surface area contributed by atoms with Crippen LogP contribution >= 0.6 is 0 Å². The lowest BCUT2D eigenvalue weighted by Gasteiger charge is -2.23. The van der Waals surface area contributed by atoms with Gasteiger partial charge in [0.25, 0.3) is 0 Å². The second kappa shape index (κ2) is 9.32. The van der Waals surface area contributed by atoms with Crippen molar-refractivity contribution in [3.63, 3.8) is 0 Å². The van der Waals surface area contributed by atoms with E-state index in [1.54, 1.807) is 19.2 Å². The van der Waals surface area contributed by atoms with Crippen molar-refractivity contribution in [1.29, 1.82) is 0 Å². The van der Waals surface area contributed by atoms with Gasteiger partial charge in [-0.2, -0.15) is 0 Å². The first-order chi connectivity index (χ1) is 13.9. The molecule has 1 heterocycles. The molecule has 0 bridgehead atoms. The number of ether oxygens (including phenoxy) is 1. The maximum Gasteiger partial charge on any atom is 0.195 e. The summed E-state index contributed by atoms with van der Waals surface area (Å²) < 4.78 is 16.7. The summed E-state index contributed by atoms with van der Waals surface area (Å²) in [6.45, 7) is 4.78. The highest BCUT2D eigenvalue weighted by Gasteiger charge is 2.17. The van der Waals surface area contributed by atoms with Gasteiger partial charge in [-0.05, 0) is 67.3 Å². The summed E-state index contributed by atoms with van der Waals surface area (Å²) in [5.41, 5.74) is 11.1. The topological polar surface area (TPSA) is 121 Å². The van der Waals surface area contributed by atoms with Gasteiger partial charge in [0.05, 0.1) is 24.2 Å². The van der Waals surface area contributed by atoms with Gasteiger partial charge in [-0.15, -0.1) is 5.14 Å². The number of methoxy groups -OCH3 is 1. The van der Waals surface area contributed by atoms with Gasteiger partial charge in [0, 0.05) is 12.1 Å². The molecule has 0 fully saturated rings. The van der Waals surface area contributed by atoms with Crippen LogP contribution in [0.2, 0.25) is 0 Å². The van der Waals surface area contributed by atoms with Crippen LogP contribution in [-0.2, 0) is 17.8 Å². The fraction of sp³-hybridized carbons (Fsp3) is 0.286. The van der Waals surface area contributed by atoms with Gasteiger partial charge in [-0.3, -0.25) is 5.32 Å². The monoisotopic (exact) mass is 413 g/mol. The zero-order valence-corrected chi connectivity index (χ0v) is 17.7. The molecule has 2 aromatic rings. The number of nitrogens with zero attached hydrogens (tertiary/aromatic N) is 1. The van der Waals surface area contributed by atoms with E-state index in [9.17, 15) is 4.55 Å². The van der Waals surface area contributed by atoms with Crippen LogP contribution in [-0.4, -0.2) is 30.3 Å². The average molecular weight is 414 g/mol. The third-order valence-electron chi connectivity index (χ3n) is 4.82. The molecule has 1 unspecified atom stereocenters. The molecule has 0 spiro atoms. The Balaban J connectivity index is 1.67. The molecule has 3 rings (SSSR count). The van der Waals surface area contributed by atoms with Gasteiger partial charge in [0.2, 0.25) is 0 Å². The van der Waals surface area contributed by atoms with E-state index in [1.165, 1.54) is 0 Å². The maximum atomic E-state index is 11.3. The Morgan fingerprint density at radius 3 is 2.59 bits per heavy atom. The van der Waals surface area contributed by atoms with Crippen LogP contribution in [0, 0.1) is 13.8 Å². The van der Waals surface area contributed by atoms with Crippen LogP contribution < -0.4 is 26.2 Å². The van der Waals surface area contributed by atoms with Gasteiger partial charge in [0.1, 0.15) is 11.9 Å². The van der Waals surface area contributed by atoms with Crippen molar-refractivity contribution in [2.75, 3.05) is 13.7 Å². The molecule has 6 N–H and O–H groups in total. The minimum atomic E-state index is -1.45. The number of benzene rings is 2. The zero-order valence-electron chi connectivity index (χ0n) is 16.9. The molecule has 0 saturated heterocycles. The van der Waals surface area contributed by atoms with Crippen LogP contribution in [0.4, 0.5) is 0 Å². The van der Waals surface area contributed by atoms with E-state index < -0.39 is 11.4 Å². The third-order valence-corrected chi connectivity index (χ3v) is 5.56. The lowest BCUT2D eigenvalue weighted by molar-refractivity contribution is 0.411. The molecule has 2 atom stereocenters. The van der Waals surface area contributed by atoms with E-state index in [-0.39, 0.29) is 6.17 Å². The normalized spacial score (nSPS) is 17.2. The van der Waals surface area contributed by atoms with Crippen molar-refractivity contribution in [1.82, 2.24) is 10.6 Å². The highest BCUT2D eigenvalue weighted by atomic mass is 32.2. The van der Waals surface area contributed by atoms with Crippen molar-refractivity contribution in [3.05, 3.63) is 64.7 Å². The highest BCUT2D eigenvalue weighted by molar-refractivity contribution is 7.89. The molecule has 0 aliphatic carbocycles. The highest BCUT2D eigenvalue weighted by Crippen LogP contribution is 2.28. The fourth-order valence-corrected chi connectivity index (χ4v) is 3.67. The molecular formula is C21H27N5O2S. The van der Waals surface area contributed by atoms with Crippen LogP contribution in [0.3, 0.4) is 0 Å². The van der Waals surface area contributed by atoms with E-state index in [2.05, 4.69) is 21.7 Å². The summed E-state index contributed by atoms with van der Waals surface area (Å²) in [6.07, 6.45) is 2.72. The van der Waals surface area contributed by atoms with Crippen molar-refractivity contribution >= 4 is 23.0 Å². The second-order valence-electron chi connectivity index (χ2n) is 6.95. The van der Waals surface area contributed by atoms with Crippen molar-refractivity contribution in [3.8, 4) is 5.75 Å². The van der Waals surface area contributed by atoms with Gasteiger partial charge in [0.15, 0.2) is 10.9 Å². The van der Waals surface area contributed by atoms with Crippen molar-refractivity contribution in [2.45, 2.75) is 31.3 Å². The number of hydrogen-bond acceptors (Lipinski definition) is 7. The van der Waals surface area contributed by atoms with Crippen molar-refractivity contribution < 1.29 is 9.29 Å². The Bertz CT molecular complexity index is 925. The first kappa shape index (κ1) is 21.2. The minimum Gasteiger partial charge on any atom is -0.593 e. The first-order valence-corrected chi connectivity index (χ1v) is 10.6. The lowest BCUT2D eigenvalue weighted by atomic mass is 10.0. The van der Waals surface area contributed by atoms with Gasteiger partial charge < -0.3 is 20.3 Å². The average Bonchev–Trinajstić information content (AvgIpc) is 2.69. The second-order valence-corrected chi connectivity index (χ2v) is 8.02. The predicted molar refractivity (Wildman–Crippen MR) is 118 cm³/mol. The Morgan fingerprint density at radius 2 is 1.93 bits per heavy atom. The van der Waals surface area contributed by atoms with E-state index in [0.717, 1.165) is 46.7 Å². The summed E-state index contributed by atoms with van der Waals surface area (Å²) in [6, 6.07) is 11.6. The Morgan fingerprint density at radius 1 is 1.21 bits per heavy atom. The molecule has 0 radical (unpaired) electrons. The van der Waals surface area contributed by atoms with Crippen LogP contribution in [0.5, 0.6) is 5.75 Å². The molecule has 154 valence electrons. The number of nitrogens with two attached hydrogens (primary N) is 2. The quantitative estimate of drug-likeness (QED) is 0.513. The molecular weight excluding hydrogens is 386 g/mol. The maximum absolute atomic E-state index is 11.3. The number of guanidine groups is 1. The van der Waals surface area contributed by atoms with E-state index in [1.807, 2.05) is 38.1 Å². The van der Waals surface area contributed by atoms with Crippen LogP contribution in [0.25, 0.3) is 5.70 Å². The summed E-state index contributed by atoms with van der Waals surface area (Å²) in [5, 5.41) is 12.0. The molecule has 8 heteroatoms. The first-order valence-electron chi connectivity index (χ1n) is 9.34. The van der Waals surface area contributed by atoms with Crippen molar-refractivity contribution in [2.24, 2.45) is 15.9 Å². The smallest absolute Gasteiger partial charge is 0.195 e. The SMILES string of the molecule is COc1cc(C)c(C2=CC(NCCc3ccc([S@+](N)[O-])cc3)NC(N)=N2)cc1C. The standard InChI is InChI=1S/C21H27N5O2S/c1-13-11-19(28-3)14(2)10-17(13)18-12-20(26-21(22)25-18)24-9-8-15-4-6-16(7-5-15)29(23)27/h4-7,10-12,20,24H,8-9,23H2,1-3H3,(H3,22,25,26)/t20?,29-/m1/s1. The molecule has 0 amide bonds. The molecule has 1 aliphatic rings. The zero-order chi connectivity index (χ0) is 21.0. The Hall–Kier alpha value is -2.52. The van der Waals surface area contributed by atoms with Crippen LogP contribution in [0.15, 0.2) is 52.4 Å². The van der Waals surface area contributed by atoms with E-state index >= 15 is 0 Å². The molecule has 29 heavy (non-hydrogen) atoms. The van der Waals surface area contributed by atoms with E-state index in [4.69, 9.17) is 15.6 Å². The number of nitrogens with one attached hydrogen (secondary N) is 2. The summed E-state index contributed by atoms with van der Waals surface area (Å²) in [5.74, 6) is 1.24. The Kier molecular flexibility index (Phi) is 6.81. The molecule has 1 aliphatic heterocycles. The molecule has 2 aromatic carbocycles. The molecule has 7 nitrogen and oxygen atoms in total. The summed E-state index contributed by atoms with van der Waals surface area (Å²) in [4.78, 5) is 5.10. The summed E-state index contributed by atoms with van der Waals surface area (Å²) >= 11 is -1.45. The minimum absolute atomic E-state index is 0.125. The van der Waals surface area contributed by atoms with Gasteiger partial charge in [-0.25, -0.2) is 4.99 Å². The predicted octanol–water partition coefficient (Wildman–Crippen LogP) is 1.71.